The van der Waals surface area contributed by atoms with Crippen LogP contribution in [0.1, 0.15) is 202 Å². The maximum Gasteiger partial charge on any atom is 0.417 e. The molecule has 16 rings (SSSR count). The molecule has 6 saturated heterocycles. The lowest BCUT2D eigenvalue weighted by Crippen LogP contribution is -2.55. The summed E-state index contributed by atoms with van der Waals surface area (Å²) >= 11 is 0. The van der Waals surface area contributed by atoms with Gasteiger partial charge in [0.25, 0.3) is 35.4 Å². The molecule has 0 bridgehead atoms. The molecule has 0 spiro atoms. The van der Waals surface area contributed by atoms with Crippen LogP contribution < -0.4 is 63.9 Å². The van der Waals surface area contributed by atoms with Crippen molar-refractivity contribution in [1.29, 1.82) is 0 Å². The maximum absolute atomic E-state index is 15.7. The minimum atomic E-state index is -4.97. The number of nitrogens with zero attached hydrogens (tertiary/aromatic N) is 10. The third-order valence-corrected chi connectivity index (χ3v) is 28.7. The molecule has 6 atom stereocenters. The van der Waals surface area contributed by atoms with Gasteiger partial charge in [0.15, 0.2) is 0 Å². The third kappa shape index (κ3) is 27.6. The van der Waals surface area contributed by atoms with Crippen molar-refractivity contribution in [3.8, 4) is 22.3 Å². The lowest BCUT2D eigenvalue weighted by molar-refractivity contribution is -0.138. The number of likely N-dealkylation sites (N-methyl/N-ethyl adjacent to an activating group) is 2. The van der Waals surface area contributed by atoms with Crippen molar-refractivity contribution in [2.45, 2.75) is 179 Å². The van der Waals surface area contributed by atoms with Crippen LogP contribution in [0.15, 0.2) is 143 Å². The number of amides is 11. The summed E-state index contributed by atoms with van der Waals surface area (Å²) in [7, 11) is 4.05. The van der Waals surface area contributed by atoms with Gasteiger partial charge < -0.3 is 57.2 Å². The second-order valence-electron chi connectivity index (χ2n) is 39.1. The SMILES string of the molecule is C[C@@H]1CN(c2ccc(-c3cc(CN4CCN(CCN)CC4)ccc3F)cc2NC(=O)c2c[nH]c(=O)cc2C(F)(F)F)C[C@H](C)N1C.C[C@@H]1CN(c2ccc(-c3cc(CN4CCN(CCNC(=O)CCCCCCNc5cccc6c5C(=O)N(C5CCC(=O)NC5=O)C6=O)CC4)ccc3F)cc2NC(=O)c2c[nH]c(=O)cc2C(F)(F)F)C[C@H](C)N1C.O=C(O)CCCCCCNc1cccc2c1C(=O)N(C1CCC(=O)NC1=O)C2=O. The molecule has 2 unspecified atom stereocenters. The van der Waals surface area contributed by atoms with E-state index < -0.39 is 134 Å². The summed E-state index contributed by atoms with van der Waals surface area (Å²) in [5.74, 6) is -8.21. The first-order valence-corrected chi connectivity index (χ1v) is 50.4. The van der Waals surface area contributed by atoms with Gasteiger partial charge in [-0.3, -0.25) is 117 Å². The summed E-state index contributed by atoms with van der Waals surface area (Å²) in [5.41, 5.74) is 6.38. The molecule has 149 heavy (non-hydrogen) atoms. The van der Waals surface area contributed by atoms with E-state index in [1.54, 1.807) is 97.1 Å². The van der Waals surface area contributed by atoms with Crippen molar-refractivity contribution in [2.75, 3.05) is 163 Å². The summed E-state index contributed by atoms with van der Waals surface area (Å²) < 4.78 is 114. The Hall–Kier alpha value is -14.0. The van der Waals surface area contributed by atoms with Gasteiger partial charge in [-0.05, 0) is 175 Å². The average molecular weight is 2070 g/mol. The van der Waals surface area contributed by atoms with Gasteiger partial charge in [0.2, 0.25) is 40.7 Å². The molecular weight excluding hydrogens is 1950 g/mol. The number of piperazine rings is 4. The first-order chi connectivity index (χ1) is 71.1. The zero-order valence-electron chi connectivity index (χ0n) is 83.9. The number of halogens is 8. The number of carbonyl (C=O) groups excluding carboxylic acids is 11. The molecule has 0 aliphatic carbocycles. The second kappa shape index (κ2) is 49.4. The Labute approximate surface area is 855 Å². The highest BCUT2D eigenvalue weighted by Gasteiger charge is 2.49. The number of aliphatic carboxylic acids is 1. The Bertz CT molecular complexity index is 6420. The highest BCUT2D eigenvalue weighted by molar-refractivity contribution is 6.27. The number of aromatic nitrogens is 2. The fourth-order valence-electron chi connectivity index (χ4n) is 20.1. The number of nitrogens with two attached hydrogens (primary N) is 1. The highest BCUT2D eigenvalue weighted by Crippen LogP contribution is 2.42. The van der Waals surface area contributed by atoms with E-state index in [0.29, 0.717) is 143 Å². The van der Waals surface area contributed by atoms with Gasteiger partial charge in [-0.2, -0.15) is 26.3 Å². The van der Waals surface area contributed by atoms with E-state index in [-0.39, 0.29) is 101 Å². The Morgan fingerprint density at radius 3 is 1.21 bits per heavy atom. The van der Waals surface area contributed by atoms with Crippen LogP contribution in [-0.2, 0) is 54.2 Å². The molecule has 35 nitrogen and oxygen atoms in total. The number of benzene rings is 6. The number of alkyl halides is 6. The topological polar surface area (TPSA) is 433 Å². The number of carbonyl (C=O) groups is 12. The smallest absolute Gasteiger partial charge is 0.417 e. The number of imide groups is 4. The van der Waals surface area contributed by atoms with Gasteiger partial charge in [-0.25, -0.2) is 8.78 Å². The van der Waals surface area contributed by atoms with Gasteiger partial charge in [0.05, 0.1) is 67.3 Å². The van der Waals surface area contributed by atoms with Gasteiger partial charge in [-0.1, -0.05) is 62.1 Å². The number of nitrogens with one attached hydrogen (secondary N) is 9. The molecule has 796 valence electrons. The van der Waals surface area contributed by atoms with Crippen LogP contribution in [-0.4, -0.2) is 293 Å². The first kappa shape index (κ1) is 111. The lowest BCUT2D eigenvalue weighted by atomic mass is 9.99. The number of anilines is 6. The van der Waals surface area contributed by atoms with Crippen molar-refractivity contribution >= 4 is 105 Å². The van der Waals surface area contributed by atoms with Crippen LogP contribution in [0.2, 0.25) is 0 Å². The van der Waals surface area contributed by atoms with Crippen LogP contribution in [0.5, 0.6) is 0 Å². The molecule has 12 N–H and O–H groups in total. The van der Waals surface area contributed by atoms with Crippen molar-refractivity contribution < 1.29 is 97.8 Å². The summed E-state index contributed by atoms with van der Waals surface area (Å²) in [4.78, 5) is 197. The number of hydrogen-bond acceptors (Lipinski definition) is 25. The number of carboxylic acid groups (broad SMARTS) is 1. The van der Waals surface area contributed by atoms with Crippen LogP contribution in [0.3, 0.4) is 0 Å². The number of fused-ring (bicyclic) bond motifs is 2. The normalized spacial score (nSPS) is 19.8. The number of pyridine rings is 2. The lowest BCUT2D eigenvalue weighted by Gasteiger charge is -2.44. The van der Waals surface area contributed by atoms with Crippen molar-refractivity contribution in [3.63, 3.8) is 0 Å². The van der Waals surface area contributed by atoms with Crippen molar-refractivity contribution in [3.05, 3.63) is 222 Å². The Morgan fingerprint density at radius 2 is 0.826 bits per heavy atom. The summed E-state index contributed by atoms with van der Waals surface area (Å²) in [6.45, 7) is 22.2. The number of hydrogen-bond donors (Lipinski definition) is 11. The van der Waals surface area contributed by atoms with E-state index in [4.69, 9.17) is 10.8 Å². The maximum atomic E-state index is 15.7. The fourth-order valence-corrected chi connectivity index (χ4v) is 20.1. The van der Waals surface area contributed by atoms with Crippen molar-refractivity contribution in [2.24, 2.45) is 5.73 Å². The molecule has 6 fully saturated rings. The van der Waals surface area contributed by atoms with Crippen LogP contribution in [0.4, 0.5) is 69.2 Å². The predicted molar refractivity (Wildman–Crippen MR) is 544 cm³/mol. The van der Waals surface area contributed by atoms with Crippen molar-refractivity contribution in [1.82, 2.24) is 65.1 Å². The number of carboxylic acids is 1. The summed E-state index contributed by atoms with van der Waals surface area (Å²) in [6, 6.07) is 29.2. The summed E-state index contributed by atoms with van der Waals surface area (Å²) in [6.07, 6.45) is -1.24. The minimum absolute atomic E-state index is 0.0190. The Kier molecular flexibility index (Phi) is 36.7. The van der Waals surface area contributed by atoms with Gasteiger partial charge >= 0.3 is 18.3 Å². The monoisotopic (exact) mass is 2070 g/mol. The molecule has 8 aromatic rings. The Morgan fingerprint density at radius 1 is 0.436 bits per heavy atom. The van der Waals surface area contributed by atoms with E-state index >= 15 is 8.78 Å². The zero-order valence-corrected chi connectivity index (χ0v) is 83.9. The quantitative estimate of drug-likeness (QED) is 0.00998. The summed E-state index contributed by atoms with van der Waals surface area (Å²) in [5, 5.41) is 27.8. The molecule has 11 amide bonds. The van der Waals surface area contributed by atoms with Crippen LogP contribution in [0, 0.1) is 11.6 Å². The number of unbranched alkanes of at least 4 members (excludes halogenated alkanes) is 6. The molecule has 2 aromatic heterocycles. The average Bonchev–Trinajstić information content (AvgIpc) is 1.61. The zero-order chi connectivity index (χ0) is 107. The molecule has 6 aromatic carbocycles. The van der Waals surface area contributed by atoms with E-state index in [1.807, 2.05) is 14.1 Å². The van der Waals surface area contributed by atoms with Crippen LogP contribution in [0.25, 0.3) is 22.3 Å². The second-order valence-corrected chi connectivity index (χ2v) is 39.1. The molecule has 0 saturated carbocycles. The third-order valence-electron chi connectivity index (χ3n) is 28.7. The molecule has 10 heterocycles. The van der Waals surface area contributed by atoms with E-state index in [0.717, 1.165) is 131 Å². The van der Waals surface area contributed by atoms with Gasteiger partial charge in [0, 0.05) is 228 Å². The minimum Gasteiger partial charge on any atom is -0.481 e. The first-order valence-electron chi connectivity index (χ1n) is 50.4. The number of rotatable bonds is 35. The van der Waals surface area contributed by atoms with E-state index in [9.17, 15) is 93.5 Å². The van der Waals surface area contributed by atoms with Gasteiger partial charge in [-0.15, -0.1) is 0 Å². The standard InChI is InChI=1S/C53H62F4N10O7.C33H41F4N7O2.C20H23N3O6/c1-32-29-66(30-33(2)63(32)3)43-15-13-35(26-42(43)61-49(71)38-28-60-47(70)27-39(38)53(55,56)57)37-25-34(12-14-40(37)54)31-65-23-21-64(22-24-65)20-19-59-45(68)11-6-4-5-7-18-58-41-10-8-9-36-48(41)52(74)67(51(36)73)44-16-17-46(69)62-50(44)72;1-21-18-44(19-22(2)41(21)3)30-7-5-24(15-29(30)40-32(46)26-17-39-31(45)16-27(26)33(35,36)37)25-14-23(4-6-28(25)34)20-43-12-10-42(9-8-38)11-13-43;24-15-10-9-14(18(27)22-15)23-19(28)12-6-5-7-13(17(12)20(23)29)21-11-4-2-1-3-8-16(25)26/h8-10,12-15,25-28,32-33,44,58H,4-7,11,16-24,29-31H2,1-3H3,(H,59,68)(H,60,70)(H,61,71)(H,62,69,72);4-7,14-17,21-22H,8-13,18-20,38H2,1-3H3,(H,39,45)(H,40,46);5-7,14,21H,1-4,8-11H2,(H,25,26)(H,22,24,27)/t32-,33+,44?;21-,22+;. The van der Waals surface area contributed by atoms with E-state index in [1.165, 1.54) is 12.1 Å². The number of piperidine rings is 2. The molecule has 8 aliphatic heterocycles. The van der Waals surface area contributed by atoms with E-state index in [2.05, 4.69) is 114 Å². The van der Waals surface area contributed by atoms with Gasteiger partial charge in [0.1, 0.15) is 23.7 Å². The molecular formula is C106H126F8N20O15. The highest BCUT2D eigenvalue weighted by atomic mass is 19.4. The predicted octanol–water partition coefficient (Wildman–Crippen LogP) is 11.3. The molecule has 43 heteroatoms. The molecule has 0 radical (unpaired) electrons. The fraction of sp³-hybridized carbons (Fsp3) is 0.453. The molecule has 8 aliphatic rings. The largest absolute Gasteiger partial charge is 0.481 e. The Balaban J connectivity index is 0.000000197. The van der Waals surface area contributed by atoms with Crippen LogP contribution >= 0.6 is 0 Å². The number of H-pyrrole nitrogens is 2. The number of aromatic amines is 2.